The summed E-state index contributed by atoms with van der Waals surface area (Å²) < 4.78 is 2.36. The van der Waals surface area contributed by atoms with E-state index in [2.05, 4.69) is 38.8 Å². The van der Waals surface area contributed by atoms with Crippen LogP contribution in [-0.2, 0) is 24.3 Å². The number of thiophene rings is 1. The molecule has 0 aliphatic carbocycles. The molecular weight excluding hydrogens is 342 g/mol. The lowest BCUT2D eigenvalue weighted by atomic mass is 10.2. The molecule has 3 heterocycles. The molecule has 6 nitrogen and oxygen atoms in total. The minimum Gasteiger partial charge on any atom is -0.339 e. The van der Waals surface area contributed by atoms with Crippen LogP contribution < -0.4 is 0 Å². The fourth-order valence-corrected chi connectivity index (χ4v) is 3.83. The van der Waals surface area contributed by atoms with Crippen LogP contribution >= 0.6 is 23.6 Å². The molecule has 0 bridgehead atoms. The molecule has 0 saturated carbocycles. The van der Waals surface area contributed by atoms with Crippen molar-refractivity contribution >= 4 is 29.5 Å². The molecule has 2 aromatic rings. The number of nitrogens with one attached hydrogen (secondary N) is 1. The number of carbonyl (C=O) groups excluding carboxylic acids is 1. The number of aromatic nitrogens is 3. The van der Waals surface area contributed by atoms with E-state index in [0.717, 1.165) is 51.4 Å². The van der Waals surface area contributed by atoms with E-state index in [1.165, 1.54) is 5.56 Å². The third kappa shape index (κ3) is 4.12. The standard InChI is InChI=1S/C16H23N5OS2/c1-2-3-14-17-18-16(23)21(14)11-15(22)20-7-5-19(6-8-20)10-13-4-9-24-12-13/h4,9,12H,2-3,5-8,10-11H2,1H3,(H,18,23). The number of amides is 1. The van der Waals surface area contributed by atoms with Crippen molar-refractivity contribution in [2.24, 2.45) is 0 Å². The molecule has 1 aliphatic rings. The monoisotopic (exact) mass is 365 g/mol. The summed E-state index contributed by atoms with van der Waals surface area (Å²) in [4.78, 5) is 16.9. The van der Waals surface area contributed by atoms with Gasteiger partial charge in [-0.25, -0.2) is 0 Å². The molecule has 2 aromatic heterocycles. The number of aromatic amines is 1. The topological polar surface area (TPSA) is 57.2 Å². The van der Waals surface area contributed by atoms with Crippen molar-refractivity contribution in [3.63, 3.8) is 0 Å². The quantitative estimate of drug-likeness (QED) is 0.798. The highest BCUT2D eigenvalue weighted by atomic mass is 32.1. The first kappa shape index (κ1) is 17.3. The van der Waals surface area contributed by atoms with Gasteiger partial charge in [0.2, 0.25) is 5.91 Å². The van der Waals surface area contributed by atoms with Gasteiger partial charge in [0.15, 0.2) is 4.77 Å². The summed E-state index contributed by atoms with van der Waals surface area (Å²) in [5.41, 5.74) is 1.36. The molecule has 1 saturated heterocycles. The first-order chi connectivity index (χ1) is 11.7. The Bertz CT molecular complexity index is 713. The van der Waals surface area contributed by atoms with Gasteiger partial charge in [0.05, 0.1) is 0 Å². The molecule has 8 heteroatoms. The van der Waals surface area contributed by atoms with E-state index in [0.29, 0.717) is 4.77 Å². The molecule has 0 radical (unpaired) electrons. The molecule has 0 atom stereocenters. The van der Waals surface area contributed by atoms with Gasteiger partial charge in [0, 0.05) is 39.1 Å². The summed E-state index contributed by atoms with van der Waals surface area (Å²) in [5.74, 6) is 0.993. The Kier molecular flexibility index (Phi) is 5.80. The van der Waals surface area contributed by atoms with Crippen LogP contribution in [-0.4, -0.2) is 56.7 Å². The van der Waals surface area contributed by atoms with Crippen molar-refractivity contribution in [1.82, 2.24) is 24.6 Å². The predicted octanol–water partition coefficient (Wildman–Crippen LogP) is 2.30. The highest BCUT2D eigenvalue weighted by Crippen LogP contribution is 2.12. The predicted molar refractivity (Wildman–Crippen MR) is 97.6 cm³/mol. The number of aryl methyl sites for hydroxylation is 1. The maximum Gasteiger partial charge on any atom is 0.242 e. The zero-order valence-corrected chi connectivity index (χ0v) is 15.5. The first-order valence-corrected chi connectivity index (χ1v) is 9.67. The fraction of sp³-hybridized carbons (Fsp3) is 0.562. The van der Waals surface area contributed by atoms with Crippen molar-refractivity contribution in [1.29, 1.82) is 0 Å². The Labute approximate surface area is 151 Å². The Morgan fingerprint density at radius 2 is 2.17 bits per heavy atom. The number of carbonyl (C=O) groups is 1. The van der Waals surface area contributed by atoms with Gasteiger partial charge in [0.25, 0.3) is 0 Å². The number of hydrogen-bond donors (Lipinski definition) is 1. The zero-order valence-electron chi connectivity index (χ0n) is 13.9. The molecular formula is C16H23N5OS2. The SMILES string of the molecule is CCCc1n[nH]c(=S)n1CC(=O)N1CCN(Cc2ccsc2)CC1. The highest BCUT2D eigenvalue weighted by Gasteiger charge is 2.22. The lowest BCUT2D eigenvalue weighted by Gasteiger charge is -2.34. The van der Waals surface area contributed by atoms with Gasteiger partial charge < -0.3 is 4.90 Å². The molecule has 24 heavy (non-hydrogen) atoms. The first-order valence-electron chi connectivity index (χ1n) is 8.32. The van der Waals surface area contributed by atoms with Crippen LogP contribution in [0.2, 0.25) is 0 Å². The molecule has 0 unspecified atom stereocenters. The number of nitrogens with zero attached hydrogens (tertiary/aromatic N) is 4. The second-order valence-electron chi connectivity index (χ2n) is 6.07. The van der Waals surface area contributed by atoms with E-state index >= 15 is 0 Å². The van der Waals surface area contributed by atoms with Crippen LogP contribution in [0.5, 0.6) is 0 Å². The molecule has 1 N–H and O–H groups in total. The number of H-pyrrole nitrogens is 1. The van der Waals surface area contributed by atoms with Crippen molar-refractivity contribution in [3.8, 4) is 0 Å². The molecule has 1 aliphatic heterocycles. The average Bonchev–Trinajstić information content (AvgIpc) is 3.21. The second kappa shape index (κ2) is 8.04. The van der Waals surface area contributed by atoms with Crippen molar-refractivity contribution in [2.75, 3.05) is 26.2 Å². The van der Waals surface area contributed by atoms with E-state index in [1.54, 1.807) is 11.3 Å². The smallest absolute Gasteiger partial charge is 0.242 e. The maximum absolute atomic E-state index is 12.6. The lowest BCUT2D eigenvalue weighted by molar-refractivity contribution is -0.133. The Balaban J connectivity index is 1.54. The van der Waals surface area contributed by atoms with Gasteiger partial charge >= 0.3 is 0 Å². The number of piperazine rings is 1. The molecule has 130 valence electrons. The summed E-state index contributed by atoms with van der Waals surface area (Å²) in [5, 5.41) is 11.3. The van der Waals surface area contributed by atoms with Gasteiger partial charge in [-0.15, -0.1) is 0 Å². The summed E-state index contributed by atoms with van der Waals surface area (Å²) in [6.07, 6.45) is 1.81. The van der Waals surface area contributed by atoms with Crippen LogP contribution in [0.25, 0.3) is 0 Å². The number of rotatable bonds is 6. The van der Waals surface area contributed by atoms with Crippen molar-refractivity contribution in [3.05, 3.63) is 33.0 Å². The second-order valence-corrected chi connectivity index (χ2v) is 7.24. The van der Waals surface area contributed by atoms with Crippen LogP contribution in [0.15, 0.2) is 16.8 Å². The third-order valence-corrected chi connectivity index (χ3v) is 5.36. The van der Waals surface area contributed by atoms with Gasteiger partial charge in [0.1, 0.15) is 12.4 Å². The van der Waals surface area contributed by atoms with Crippen LogP contribution in [0.1, 0.15) is 24.7 Å². The summed E-state index contributed by atoms with van der Waals surface area (Å²) in [6, 6.07) is 2.16. The Hall–Kier alpha value is -1.51. The van der Waals surface area contributed by atoms with E-state index in [4.69, 9.17) is 12.2 Å². The Morgan fingerprint density at radius 3 is 2.83 bits per heavy atom. The van der Waals surface area contributed by atoms with E-state index in [9.17, 15) is 4.79 Å². The van der Waals surface area contributed by atoms with Gasteiger partial charge in [-0.2, -0.15) is 16.4 Å². The summed E-state index contributed by atoms with van der Waals surface area (Å²) in [7, 11) is 0. The fourth-order valence-electron chi connectivity index (χ4n) is 2.96. The normalized spacial score (nSPS) is 15.8. The lowest BCUT2D eigenvalue weighted by Crippen LogP contribution is -2.49. The Morgan fingerprint density at radius 1 is 1.38 bits per heavy atom. The van der Waals surface area contributed by atoms with Gasteiger partial charge in [-0.1, -0.05) is 6.92 Å². The largest absolute Gasteiger partial charge is 0.339 e. The summed E-state index contributed by atoms with van der Waals surface area (Å²) >= 11 is 6.99. The average molecular weight is 366 g/mol. The minimum absolute atomic E-state index is 0.125. The van der Waals surface area contributed by atoms with E-state index in [-0.39, 0.29) is 12.5 Å². The van der Waals surface area contributed by atoms with Gasteiger partial charge in [-0.05, 0) is 41.0 Å². The third-order valence-electron chi connectivity index (χ3n) is 4.32. The molecule has 1 amide bonds. The van der Waals surface area contributed by atoms with Crippen LogP contribution in [0.3, 0.4) is 0 Å². The van der Waals surface area contributed by atoms with Crippen molar-refractivity contribution in [2.45, 2.75) is 32.9 Å². The molecule has 0 aromatic carbocycles. The van der Waals surface area contributed by atoms with E-state index < -0.39 is 0 Å². The van der Waals surface area contributed by atoms with E-state index in [1.807, 2.05) is 9.47 Å². The van der Waals surface area contributed by atoms with Crippen LogP contribution in [0.4, 0.5) is 0 Å². The van der Waals surface area contributed by atoms with Gasteiger partial charge in [-0.3, -0.25) is 19.4 Å². The number of hydrogen-bond acceptors (Lipinski definition) is 5. The highest BCUT2D eigenvalue weighted by molar-refractivity contribution is 7.71. The molecule has 0 spiro atoms. The molecule has 3 rings (SSSR count). The molecule has 1 fully saturated rings. The minimum atomic E-state index is 0.125. The maximum atomic E-state index is 12.6. The van der Waals surface area contributed by atoms with Crippen LogP contribution in [0, 0.1) is 4.77 Å². The zero-order chi connectivity index (χ0) is 16.9. The van der Waals surface area contributed by atoms with Crippen molar-refractivity contribution < 1.29 is 4.79 Å². The summed E-state index contributed by atoms with van der Waals surface area (Å²) in [6.45, 7) is 6.74.